The lowest BCUT2D eigenvalue weighted by Crippen LogP contribution is -1.97. The quantitative estimate of drug-likeness (QED) is 0.555. The molecule has 0 aliphatic rings. The van der Waals surface area contributed by atoms with Crippen LogP contribution in [0.5, 0.6) is 5.75 Å². The van der Waals surface area contributed by atoms with Crippen LogP contribution in [0.1, 0.15) is 0 Å². The molecule has 0 spiro atoms. The highest BCUT2D eigenvalue weighted by Gasteiger charge is 2.14. The Hall–Kier alpha value is -2.77. The summed E-state index contributed by atoms with van der Waals surface area (Å²) in [5, 5.41) is 19.4. The second-order valence-electron chi connectivity index (χ2n) is 4.80. The molecule has 0 saturated carbocycles. The predicted octanol–water partition coefficient (Wildman–Crippen LogP) is 4.21. The van der Waals surface area contributed by atoms with Crippen LogP contribution in [0.25, 0.3) is 10.8 Å². The van der Waals surface area contributed by atoms with E-state index in [1.165, 1.54) is 18.2 Å². The fourth-order valence-electron chi connectivity index (χ4n) is 2.19. The van der Waals surface area contributed by atoms with Crippen molar-refractivity contribution in [2.45, 2.75) is 4.90 Å². The Labute approximate surface area is 132 Å². The Bertz CT molecular complexity index is 1010. The van der Waals surface area contributed by atoms with Crippen molar-refractivity contribution in [1.29, 1.82) is 0 Å². The van der Waals surface area contributed by atoms with Gasteiger partial charge in [-0.3, -0.25) is 4.55 Å². The lowest BCUT2D eigenvalue weighted by molar-refractivity contribution is 0.482. The maximum Gasteiger partial charge on any atom is 0.296 e. The molecule has 3 aromatic carbocycles. The molecule has 0 heterocycles. The van der Waals surface area contributed by atoms with Gasteiger partial charge in [0.25, 0.3) is 10.1 Å². The third-order valence-corrected chi connectivity index (χ3v) is 4.19. The van der Waals surface area contributed by atoms with Gasteiger partial charge in [0.1, 0.15) is 16.3 Å². The molecule has 6 nitrogen and oxygen atoms in total. The van der Waals surface area contributed by atoms with Crippen molar-refractivity contribution in [3.05, 3.63) is 60.7 Å². The summed E-state index contributed by atoms with van der Waals surface area (Å²) in [4.78, 5) is -0.343. The third kappa shape index (κ3) is 3.05. The Morgan fingerprint density at radius 2 is 1.43 bits per heavy atom. The molecular weight excluding hydrogens is 316 g/mol. The summed E-state index contributed by atoms with van der Waals surface area (Å²) in [5.74, 6) is -0.0452. The van der Waals surface area contributed by atoms with Gasteiger partial charge < -0.3 is 5.11 Å². The summed E-state index contributed by atoms with van der Waals surface area (Å²) >= 11 is 0. The Balaban J connectivity index is 2.07. The molecule has 7 heteroatoms. The van der Waals surface area contributed by atoms with Crippen molar-refractivity contribution >= 4 is 32.3 Å². The van der Waals surface area contributed by atoms with Gasteiger partial charge in [-0.1, -0.05) is 42.5 Å². The summed E-state index contributed by atoms with van der Waals surface area (Å²) in [7, 11) is -4.40. The van der Waals surface area contributed by atoms with Gasteiger partial charge in [-0.2, -0.15) is 8.42 Å². The van der Waals surface area contributed by atoms with E-state index in [2.05, 4.69) is 10.2 Å². The van der Waals surface area contributed by atoms with Crippen molar-refractivity contribution in [3.63, 3.8) is 0 Å². The van der Waals surface area contributed by atoms with Gasteiger partial charge in [0.2, 0.25) is 0 Å². The summed E-state index contributed by atoms with van der Waals surface area (Å²) in [6.45, 7) is 0. The van der Waals surface area contributed by atoms with E-state index in [0.717, 1.165) is 5.39 Å². The molecular formula is C16H12N2O4S. The zero-order valence-corrected chi connectivity index (χ0v) is 12.6. The highest BCUT2D eigenvalue weighted by molar-refractivity contribution is 7.86. The van der Waals surface area contributed by atoms with E-state index < -0.39 is 10.1 Å². The molecule has 0 atom stereocenters. The largest absolute Gasteiger partial charge is 0.505 e. The molecule has 3 rings (SSSR count). The van der Waals surface area contributed by atoms with E-state index in [1.807, 2.05) is 12.1 Å². The SMILES string of the molecule is O=S(=O)(O)c1ccccc1N=Nc1ccc2ccccc2c1O. The maximum atomic E-state index is 11.3. The van der Waals surface area contributed by atoms with Gasteiger partial charge in [0.05, 0.1) is 0 Å². The second-order valence-corrected chi connectivity index (χ2v) is 6.19. The molecule has 0 saturated heterocycles. The molecule has 0 amide bonds. The first kappa shape index (κ1) is 15.1. The summed E-state index contributed by atoms with van der Waals surface area (Å²) < 4.78 is 31.8. The monoisotopic (exact) mass is 328 g/mol. The van der Waals surface area contributed by atoms with Crippen molar-refractivity contribution in [2.24, 2.45) is 10.2 Å². The van der Waals surface area contributed by atoms with E-state index >= 15 is 0 Å². The van der Waals surface area contributed by atoms with E-state index in [0.29, 0.717) is 5.39 Å². The molecule has 3 aromatic rings. The highest BCUT2D eigenvalue weighted by Crippen LogP contribution is 2.36. The zero-order valence-electron chi connectivity index (χ0n) is 11.8. The number of phenolic OH excluding ortho intramolecular Hbond substituents is 1. The average Bonchev–Trinajstić information content (AvgIpc) is 2.54. The van der Waals surface area contributed by atoms with Gasteiger partial charge in [-0.15, -0.1) is 10.2 Å². The van der Waals surface area contributed by atoms with Crippen LogP contribution in [0.2, 0.25) is 0 Å². The lowest BCUT2D eigenvalue weighted by Gasteiger charge is -2.04. The van der Waals surface area contributed by atoms with Gasteiger partial charge in [0, 0.05) is 5.39 Å². The fourth-order valence-corrected chi connectivity index (χ4v) is 2.81. The molecule has 0 radical (unpaired) electrons. The van der Waals surface area contributed by atoms with Gasteiger partial charge >= 0.3 is 0 Å². The molecule has 0 aromatic heterocycles. The van der Waals surface area contributed by atoms with Crippen LogP contribution in [0.3, 0.4) is 0 Å². The number of azo groups is 1. The van der Waals surface area contributed by atoms with Crippen LogP contribution in [0, 0.1) is 0 Å². The van der Waals surface area contributed by atoms with E-state index in [1.54, 1.807) is 30.3 Å². The molecule has 0 fully saturated rings. The van der Waals surface area contributed by atoms with Crippen LogP contribution in [0.15, 0.2) is 75.8 Å². The number of phenols is 1. The smallest absolute Gasteiger partial charge is 0.296 e. The highest BCUT2D eigenvalue weighted by atomic mass is 32.2. The standard InChI is InChI=1S/C16H12N2O4S/c19-16-12-6-2-1-5-11(12)9-10-14(16)18-17-13-7-3-4-8-15(13)23(20,21)22/h1-10,19H,(H,20,21,22). The molecule has 23 heavy (non-hydrogen) atoms. The molecule has 116 valence electrons. The van der Waals surface area contributed by atoms with Crippen LogP contribution in [-0.4, -0.2) is 18.1 Å². The molecule has 0 aliphatic heterocycles. The first-order valence-corrected chi connectivity index (χ1v) is 8.10. The third-order valence-electron chi connectivity index (χ3n) is 3.29. The summed E-state index contributed by atoms with van der Waals surface area (Å²) in [6, 6.07) is 16.3. The zero-order chi connectivity index (χ0) is 16.4. The molecule has 0 aliphatic carbocycles. The molecule has 0 unspecified atom stereocenters. The second kappa shape index (κ2) is 5.79. The van der Waals surface area contributed by atoms with Crippen LogP contribution < -0.4 is 0 Å². The number of hydrogen-bond donors (Lipinski definition) is 2. The van der Waals surface area contributed by atoms with E-state index in [4.69, 9.17) is 0 Å². The number of nitrogens with zero attached hydrogens (tertiary/aromatic N) is 2. The van der Waals surface area contributed by atoms with Crippen molar-refractivity contribution in [2.75, 3.05) is 0 Å². The Morgan fingerprint density at radius 1 is 0.783 bits per heavy atom. The topological polar surface area (TPSA) is 99.3 Å². The minimum absolute atomic E-state index is 0.0115. The first-order chi connectivity index (χ1) is 11.0. The normalized spacial score (nSPS) is 12.0. The van der Waals surface area contributed by atoms with Crippen molar-refractivity contribution < 1.29 is 18.1 Å². The number of fused-ring (bicyclic) bond motifs is 1. The summed E-state index contributed by atoms with van der Waals surface area (Å²) in [6.07, 6.45) is 0. The number of benzene rings is 3. The predicted molar refractivity (Wildman–Crippen MR) is 86.0 cm³/mol. The Kier molecular flexibility index (Phi) is 3.81. The van der Waals surface area contributed by atoms with Gasteiger partial charge in [0.15, 0.2) is 5.75 Å². The number of hydrogen-bond acceptors (Lipinski definition) is 5. The van der Waals surface area contributed by atoms with Crippen LogP contribution in [0.4, 0.5) is 11.4 Å². The Morgan fingerprint density at radius 3 is 2.22 bits per heavy atom. The maximum absolute atomic E-state index is 11.3. The molecule has 0 bridgehead atoms. The van der Waals surface area contributed by atoms with Crippen molar-refractivity contribution in [1.82, 2.24) is 0 Å². The fraction of sp³-hybridized carbons (Fsp3) is 0. The number of rotatable bonds is 3. The van der Waals surface area contributed by atoms with E-state index in [-0.39, 0.29) is 22.0 Å². The average molecular weight is 328 g/mol. The van der Waals surface area contributed by atoms with Crippen LogP contribution in [-0.2, 0) is 10.1 Å². The minimum Gasteiger partial charge on any atom is -0.505 e. The van der Waals surface area contributed by atoms with Gasteiger partial charge in [-0.25, -0.2) is 0 Å². The van der Waals surface area contributed by atoms with Gasteiger partial charge in [-0.05, 0) is 23.6 Å². The molecule has 2 N–H and O–H groups in total. The lowest BCUT2D eigenvalue weighted by atomic mass is 10.1. The van der Waals surface area contributed by atoms with E-state index in [9.17, 15) is 18.1 Å². The minimum atomic E-state index is -4.40. The van der Waals surface area contributed by atoms with Crippen LogP contribution >= 0.6 is 0 Å². The number of aromatic hydroxyl groups is 1. The summed E-state index contributed by atoms with van der Waals surface area (Å²) in [5.41, 5.74) is 0.191. The first-order valence-electron chi connectivity index (χ1n) is 6.66. The van der Waals surface area contributed by atoms with Crippen molar-refractivity contribution in [3.8, 4) is 5.75 Å².